The third-order valence-electron chi connectivity index (χ3n) is 4.25. The van der Waals surface area contributed by atoms with Crippen LogP contribution in [0.25, 0.3) is 0 Å². The van der Waals surface area contributed by atoms with Crippen molar-refractivity contribution in [2.45, 2.75) is 0 Å². The van der Waals surface area contributed by atoms with E-state index < -0.39 is 5.91 Å². The number of aryl methyl sites for hydroxylation is 1. The third kappa shape index (κ3) is 3.06. The predicted octanol–water partition coefficient (Wildman–Crippen LogP) is 1.09. The Labute approximate surface area is 135 Å². The van der Waals surface area contributed by atoms with Gasteiger partial charge in [0.25, 0.3) is 5.91 Å². The van der Waals surface area contributed by atoms with Crippen molar-refractivity contribution in [1.82, 2.24) is 9.47 Å². The van der Waals surface area contributed by atoms with E-state index in [1.54, 1.807) is 12.1 Å². The normalized spacial score (nSPS) is 14.8. The molecule has 2 aromatic rings. The van der Waals surface area contributed by atoms with Gasteiger partial charge in [-0.25, -0.2) is 0 Å². The monoisotopic (exact) mass is 312 g/mol. The van der Waals surface area contributed by atoms with Crippen molar-refractivity contribution in [3.8, 4) is 0 Å². The Balaban J connectivity index is 1.63. The van der Waals surface area contributed by atoms with Crippen molar-refractivity contribution in [1.29, 1.82) is 0 Å². The molecule has 0 radical (unpaired) electrons. The summed E-state index contributed by atoms with van der Waals surface area (Å²) in [6.45, 7) is 2.90. The molecule has 0 atom stereocenters. The Morgan fingerprint density at radius 2 is 1.65 bits per heavy atom. The smallest absolute Gasteiger partial charge is 0.270 e. The number of anilines is 1. The Hall–Kier alpha value is -2.76. The molecule has 0 spiro atoms. The minimum Gasteiger partial charge on any atom is -0.368 e. The number of nitrogens with zero attached hydrogens (tertiary/aromatic N) is 3. The Morgan fingerprint density at radius 3 is 2.17 bits per heavy atom. The summed E-state index contributed by atoms with van der Waals surface area (Å²) in [6.07, 6.45) is 1.88. The van der Waals surface area contributed by atoms with Gasteiger partial charge in [0.05, 0.1) is 0 Å². The molecule has 0 aliphatic carbocycles. The van der Waals surface area contributed by atoms with Crippen LogP contribution in [-0.2, 0) is 7.05 Å². The summed E-state index contributed by atoms with van der Waals surface area (Å²) >= 11 is 0. The molecule has 1 aliphatic heterocycles. The predicted molar refractivity (Wildman–Crippen MR) is 88.5 cm³/mol. The fourth-order valence-electron chi connectivity index (χ4n) is 2.85. The highest BCUT2D eigenvalue weighted by Crippen LogP contribution is 2.18. The molecule has 3 rings (SSSR count). The maximum atomic E-state index is 12.5. The zero-order valence-electron chi connectivity index (χ0n) is 13.1. The number of nitrogens with two attached hydrogens (primary N) is 1. The molecule has 0 unspecified atom stereocenters. The minimum absolute atomic E-state index is 0.0706. The summed E-state index contributed by atoms with van der Waals surface area (Å²) in [6, 6.07) is 11.0. The molecular formula is C17H20N4O2. The van der Waals surface area contributed by atoms with Crippen LogP contribution >= 0.6 is 0 Å². The van der Waals surface area contributed by atoms with Crippen LogP contribution in [-0.4, -0.2) is 47.5 Å². The lowest BCUT2D eigenvalue weighted by atomic mass is 10.1. The molecule has 1 saturated heterocycles. The van der Waals surface area contributed by atoms with Gasteiger partial charge in [0.15, 0.2) is 0 Å². The van der Waals surface area contributed by atoms with E-state index in [4.69, 9.17) is 5.73 Å². The lowest BCUT2D eigenvalue weighted by molar-refractivity contribution is 0.0737. The third-order valence-corrected chi connectivity index (χ3v) is 4.25. The van der Waals surface area contributed by atoms with Crippen LogP contribution in [0.15, 0.2) is 42.6 Å². The maximum Gasteiger partial charge on any atom is 0.270 e. The van der Waals surface area contributed by atoms with Crippen molar-refractivity contribution in [2.24, 2.45) is 12.8 Å². The van der Waals surface area contributed by atoms with Gasteiger partial charge in [-0.05, 0) is 36.4 Å². The lowest BCUT2D eigenvalue weighted by Crippen LogP contribution is -2.49. The molecule has 1 aromatic heterocycles. The number of piperazine rings is 1. The van der Waals surface area contributed by atoms with Crippen LogP contribution in [0.3, 0.4) is 0 Å². The fraction of sp³-hybridized carbons (Fsp3) is 0.294. The second kappa shape index (κ2) is 6.16. The summed E-state index contributed by atoms with van der Waals surface area (Å²) in [4.78, 5) is 27.7. The van der Waals surface area contributed by atoms with Gasteiger partial charge >= 0.3 is 0 Å². The molecule has 6 heteroatoms. The first-order chi connectivity index (χ1) is 11.1. The molecule has 6 nitrogen and oxygen atoms in total. The van der Waals surface area contributed by atoms with Gasteiger partial charge in [-0.3, -0.25) is 9.59 Å². The highest BCUT2D eigenvalue weighted by molar-refractivity contribution is 5.93. The van der Waals surface area contributed by atoms with Gasteiger partial charge in [-0.1, -0.05) is 0 Å². The van der Waals surface area contributed by atoms with E-state index in [1.807, 2.05) is 47.0 Å². The molecule has 120 valence electrons. The fourth-order valence-corrected chi connectivity index (χ4v) is 2.85. The number of aromatic nitrogens is 1. The molecule has 2 amide bonds. The zero-order valence-corrected chi connectivity index (χ0v) is 13.1. The first-order valence-corrected chi connectivity index (χ1v) is 7.61. The minimum atomic E-state index is -0.422. The van der Waals surface area contributed by atoms with E-state index in [1.165, 1.54) is 0 Å². The van der Waals surface area contributed by atoms with Gasteiger partial charge < -0.3 is 20.1 Å². The van der Waals surface area contributed by atoms with Gasteiger partial charge in [0, 0.05) is 50.7 Å². The summed E-state index contributed by atoms with van der Waals surface area (Å²) in [7, 11) is 1.88. The first-order valence-electron chi connectivity index (χ1n) is 7.61. The van der Waals surface area contributed by atoms with E-state index in [0.29, 0.717) is 24.3 Å². The highest BCUT2D eigenvalue weighted by atomic mass is 16.2. The van der Waals surface area contributed by atoms with Crippen LogP contribution in [0.4, 0.5) is 5.69 Å². The van der Waals surface area contributed by atoms with E-state index in [0.717, 1.165) is 18.8 Å². The number of hydrogen-bond acceptors (Lipinski definition) is 3. The maximum absolute atomic E-state index is 12.5. The summed E-state index contributed by atoms with van der Waals surface area (Å²) in [5, 5.41) is 0. The second-order valence-electron chi connectivity index (χ2n) is 5.69. The molecule has 0 saturated carbocycles. The standard InChI is InChI=1S/C17H20N4O2/c1-19-8-2-3-15(19)17(23)21-11-9-20(10-12-21)14-6-4-13(5-7-14)16(18)22/h2-8H,9-12H2,1H3,(H2,18,22). The van der Waals surface area contributed by atoms with Crippen LogP contribution in [0.1, 0.15) is 20.8 Å². The number of amides is 2. The largest absolute Gasteiger partial charge is 0.368 e. The zero-order chi connectivity index (χ0) is 16.4. The Bertz CT molecular complexity index is 712. The number of primary amides is 1. The number of benzene rings is 1. The van der Waals surface area contributed by atoms with E-state index >= 15 is 0 Å². The first kappa shape index (κ1) is 15.1. The van der Waals surface area contributed by atoms with Gasteiger partial charge in [-0.2, -0.15) is 0 Å². The number of rotatable bonds is 3. The van der Waals surface area contributed by atoms with Crippen molar-refractivity contribution in [2.75, 3.05) is 31.1 Å². The van der Waals surface area contributed by atoms with Crippen molar-refractivity contribution >= 4 is 17.5 Å². The molecule has 23 heavy (non-hydrogen) atoms. The van der Waals surface area contributed by atoms with Crippen LogP contribution in [0.5, 0.6) is 0 Å². The van der Waals surface area contributed by atoms with Crippen molar-refractivity contribution in [3.05, 3.63) is 53.9 Å². The molecule has 2 heterocycles. The van der Waals surface area contributed by atoms with Crippen LogP contribution in [0.2, 0.25) is 0 Å². The topological polar surface area (TPSA) is 71.6 Å². The Morgan fingerprint density at radius 1 is 1.00 bits per heavy atom. The summed E-state index contributed by atoms with van der Waals surface area (Å²) in [5.74, 6) is -0.351. The molecule has 1 fully saturated rings. The molecule has 1 aliphatic rings. The van der Waals surface area contributed by atoms with E-state index in [9.17, 15) is 9.59 Å². The molecule has 2 N–H and O–H groups in total. The average molecular weight is 312 g/mol. The number of hydrogen-bond donors (Lipinski definition) is 1. The average Bonchev–Trinajstić information content (AvgIpc) is 3.00. The summed E-state index contributed by atoms with van der Waals surface area (Å²) < 4.78 is 1.84. The highest BCUT2D eigenvalue weighted by Gasteiger charge is 2.23. The second-order valence-corrected chi connectivity index (χ2v) is 5.69. The lowest BCUT2D eigenvalue weighted by Gasteiger charge is -2.36. The van der Waals surface area contributed by atoms with Gasteiger partial charge in [0.2, 0.25) is 5.91 Å². The van der Waals surface area contributed by atoms with Crippen molar-refractivity contribution < 1.29 is 9.59 Å². The van der Waals surface area contributed by atoms with Gasteiger partial charge in [-0.15, -0.1) is 0 Å². The molecule has 0 bridgehead atoms. The van der Waals surface area contributed by atoms with E-state index in [2.05, 4.69) is 4.90 Å². The molecular weight excluding hydrogens is 292 g/mol. The number of carbonyl (C=O) groups is 2. The number of carbonyl (C=O) groups excluding carboxylic acids is 2. The van der Waals surface area contributed by atoms with Crippen LogP contribution in [0, 0.1) is 0 Å². The molecule has 1 aromatic carbocycles. The quantitative estimate of drug-likeness (QED) is 0.922. The van der Waals surface area contributed by atoms with Gasteiger partial charge in [0.1, 0.15) is 5.69 Å². The van der Waals surface area contributed by atoms with Crippen molar-refractivity contribution in [3.63, 3.8) is 0 Å². The summed E-state index contributed by atoms with van der Waals surface area (Å²) in [5.41, 5.74) is 7.51. The van der Waals surface area contributed by atoms with E-state index in [-0.39, 0.29) is 5.91 Å². The van der Waals surface area contributed by atoms with Crippen LogP contribution < -0.4 is 10.6 Å². The SMILES string of the molecule is Cn1cccc1C(=O)N1CCN(c2ccc(C(N)=O)cc2)CC1. The Kier molecular flexibility index (Phi) is 4.06.